The van der Waals surface area contributed by atoms with Gasteiger partial charge in [-0.3, -0.25) is 9.59 Å². The van der Waals surface area contributed by atoms with Crippen molar-refractivity contribution in [1.29, 1.82) is 0 Å². The number of rotatable bonds is 2. The Labute approximate surface area is 148 Å². The molecule has 0 aliphatic heterocycles. The second-order valence-corrected chi connectivity index (χ2v) is 14.7. The fraction of sp³-hybridized carbons (Fsp3) is 0.900. The van der Waals surface area contributed by atoms with Gasteiger partial charge in [-0.15, -0.1) is 0 Å². The van der Waals surface area contributed by atoms with Gasteiger partial charge in [-0.05, 0) is 49.7 Å². The van der Waals surface area contributed by atoms with Gasteiger partial charge in [0.25, 0.3) is 0 Å². The summed E-state index contributed by atoms with van der Waals surface area (Å²) in [6, 6.07) is 0. The molecule has 2 bridgehead atoms. The van der Waals surface area contributed by atoms with E-state index in [1.54, 1.807) is 0 Å². The smallest absolute Gasteiger partial charge is 0.192 e. The summed E-state index contributed by atoms with van der Waals surface area (Å²) in [6.45, 7) is 11.5. The van der Waals surface area contributed by atoms with Crippen molar-refractivity contribution in [2.24, 2.45) is 17.3 Å². The molecule has 136 valence electrons. The first kappa shape index (κ1) is 18.3. The summed E-state index contributed by atoms with van der Waals surface area (Å²) >= 11 is 0. The van der Waals surface area contributed by atoms with Crippen molar-refractivity contribution in [2.75, 3.05) is 0 Å². The van der Waals surface area contributed by atoms with Crippen LogP contribution < -0.4 is 0 Å². The third kappa shape index (κ3) is 2.84. The quantitative estimate of drug-likeness (QED) is 0.526. The van der Waals surface area contributed by atoms with E-state index in [9.17, 15) is 9.59 Å². The molecule has 3 saturated carbocycles. The highest BCUT2D eigenvalue weighted by molar-refractivity contribution is 6.74. The van der Waals surface area contributed by atoms with Crippen LogP contribution in [0.5, 0.6) is 0 Å². The average Bonchev–Trinajstić information content (AvgIpc) is 2.65. The summed E-state index contributed by atoms with van der Waals surface area (Å²) in [5, 5.41) is 0.154. The molecule has 0 aromatic rings. The van der Waals surface area contributed by atoms with Crippen LogP contribution in [0, 0.1) is 17.3 Å². The Kier molecular flexibility index (Phi) is 4.61. The van der Waals surface area contributed by atoms with E-state index in [2.05, 4.69) is 33.9 Å². The topological polar surface area (TPSA) is 43.4 Å². The molecule has 0 heterocycles. The van der Waals surface area contributed by atoms with Crippen LogP contribution in [0.2, 0.25) is 18.1 Å². The molecule has 0 aromatic carbocycles. The van der Waals surface area contributed by atoms with Gasteiger partial charge in [0.05, 0.1) is 12.0 Å². The van der Waals surface area contributed by atoms with Crippen molar-refractivity contribution in [2.45, 2.75) is 96.4 Å². The second kappa shape index (κ2) is 6.05. The van der Waals surface area contributed by atoms with Gasteiger partial charge >= 0.3 is 0 Å². The predicted octanol–water partition coefficient (Wildman–Crippen LogP) is 4.90. The Morgan fingerprint density at radius 1 is 1.00 bits per heavy atom. The Balaban J connectivity index is 2.04. The van der Waals surface area contributed by atoms with Crippen molar-refractivity contribution in [3.05, 3.63) is 0 Å². The molecule has 4 atom stereocenters. The number of ketones is 2. The van der Waals surface area contributed by atoms with E-state index in [-0.39, 0.29) is 34.0 Å². The van der Waals surface area contributed by atoms with E-state index >= 15 is 0 Å². The molecule has 0 amide bonds. The molecule has 0 N–H and O–H groups in total. The molecule has 0 radical (unpaired) electrons. The molecule has 3 aliphatic carbocycles. The first-order valence-electron chi connectivity index (χ1n) is 9.82. The zero-order valence-corrected chi connectivity index (χ0v) is 17.1. The highest BCUT2D eigenvalue weighted by Gasteiger charge is 2.60. The zero-order valence-electron chi connectivity index (χ0n) is 16.1. The molecule has 3 aliphatic rings. The summed E-state index contributed by atoms with van der Waals surface area (Å²) < 4.78 is 7.01. The molecule has 24 heavy (non-hydrogen) atoms. The molecule has 3 nitrogen and oxygen atoms in total. The molecule has 1 spiro atoms. The Morgan fingerprint density at radius 3 is 2.33 bits per heavy atom. The van der Waals surface area contributed by atoms with E-state index in [1.807, 2.05) is 0 Å². The summed E-state index contributed by atoms with van der Waals surface area (Å²) in [5.41, 5.74) is -0.193. The van der Waals surface area contributed by atoms with Gasteiger partial charge < -0.3 is 4.43 Å². The van der Waals surface area contributed by atoms with Gasteiger partial charge in [-0.25, -0.2) is 0 Å². The van der Waals surface area contributed by atoms with Crippen molar-refractivity contribution in [1.82, 2.24) is 0 Å². The lowest BCUT2D eigenvalue weighted by Gasteiger charge is -2.48. The third-order valence-electron chi connectivity index (χ3n) is 7.51. The molecule has 3 fully saturated rings. The zero-order chi connectivity index (χ0) is 17.8. The van der Waals surface area contributed by atoms with Gasteiger partial charge in [0, 0.05) is 18.3 Å². The van der Waals surface area contributed by atoms with Gasteiger partial charge in [0.2, 0.25) is 0 Å². The lowest BCUT2D eigenvalue weighted by molar-refractivity contribution is -0.136. The maximum atomic E-state index is 12.8. The monoisotopic (exact) mass is 350 g/mol. The van der Waals surface area contributed by atoms with Crippen LogP contribution in [0.25, 0.3) is 0 Å². The molecule has 0 aromatic heterocycles. The van der Waals surface area contributed by atoms with Gasteiger partial charge in [-0.2, -0.15) is 0 Å². The molecular formula is C20H34O3Si. The van der Waals surface area contributed by atoms with Crippen molar-refractivity contribution < 1.29 is 14.0 Å². The molecule has 4 unspecified atom stereocenters. The third-order valence-corrected chi connectivity index (χ3v) is 12.0. The van der Waals surface area contributed by atoms with Gasteiger partial charge in [0.1, 0.15) is 11.6 Å². The van der Waals surface area contributed by atoms with Crippen LogP contribution in [-0.4, -0.2) is 26.0 Å². The predicted molar refractivity (Wildman–Crippen MR) is 98.4 cm³/mol. The fourth-order valence-corrected chi connectivity index (χ4v) is 6.56. The number of Topliss-reactive ketones (excluding diaryl/α,β-unsaturated/α-hetero) is 2. The average molecular weight is 351 g/mol. The van der Waals surface area contributed by atoms with Crippen LogP contribution in [0.15, 0.2) is 0 Å². The number of fused-ring (bicyclic) bond motifs is 1. The Bertz CT molecular complexity index is 533. The van der Waals surface area contributed by atoms with Crippen LogP contribution in [0.3, 0.4) is 0 Å². The first-order chi connectivity index (χ1) is 11.1. The Hall–Kier alpha value is -0.483. The van der Waals surface area contributed by atoms with Gasteiger partial charge in [0.15, 0.2) is 8.32 Å². The molecule has 0 saturated heterocycles. The summed E-state index contributed by atoms with van der Waals surface area (Å²) in [4.78, 5) is 25.4. The van der Waals surface area contributed by atoms with Crippen LogP contribution in [0.4, 0.5) is 0 Å². The number of hydrogen-bond acceptors (Lipinski definition) is 3. The van der Waals surface area contributed by atoms with Crippen LogP contribution in [-0.2, 0) is 14.0 Å². The standard InChI is InChI=1S/C20H34O3Si/c1-19(2,3)24(4,5)23-18-14-8-6-7-12-20(18)13-11-16(22)17(20)15(21)10-9-14/h14,17-18H,6-13H2,1-5H3. The minimum Gasteiger partial charge on any atom is -0.413 e. The lowest BCUT2D eigenvalue weighted by atomic mass is 9.68. The van der Waals surface area contributed by atoms with E-state index in [1.165, 1.54) is 6.42 Å². The minimum atomic E-state index is -1.93. The summed E-state index contributed by atoms with van der Waals surface area (Å²) in [5.74, 6) is 0.508. The fourth-order valence-electron chi connectivity index (χ4n) is 5.14. The normalized spacial score (nSPS) is 37.8. The first-order valence-corrected chi connectivity index (χ1v) is 12.7. The maximum absolute atomic E-state index is 12.8. The number of carbonyl (C=O) groups is 2. The summed E-state index contributed by atoms with van der Waals surface area (Å²) in [6.07, 6.45) is 7.61. The highest BCUT2D eigenvalue weighted by atomic mass is 28.4. The van der Waals surface area contributed by atoms with E-state index < -0.39 is 8.32 Å². The van der Waals surface area contributed by atoms with E-state index in [0.29, 0.717) is 18.8 Å². The molecular weight excluding hydrogens is 316 g/mol. The Morgan fingerprint density at radius 2 is 1.67 bits per heavy atom. The maximum Gasteiger partial charge on any atom is 0.192 e. The SMILES string of the molecule is CC(C)(C)[Si](C)(C)OC1C2CCCCC13CCC(=O)C3C(=O)CC2. The summed E-state index contributed by atoms with van der Waals surface area (Å²) in [7, 11) is -1.93. The highest BCUT2D eigenvalue weighted by Crippen LogP contribution is 2.57. The number of hydrogen-bond donors (Lipinski definition) is 0. The van der Waals surface area contributed by atoms with Gasteiger partial charge in [-0.1, -0.05) is 33.6 Å². The molecule has 4 heteroatoms. The van der Waals surface area contributed by atoms with Crippen molar-refractivity contribution >= 4 is 19.9 Å². The van der Waals surface area contributed by atoms with E-state index in [0.717, 1.165) is 32.1 Å². The van der Waals surface area contributed by atoms with Crippen molar-refractivity contribution in [3.8, 4) is 0 Å². The lowest BCUT2D eigenvalue weighted by Crippen LogP contribution is -2.53. The largest absolute Gasteiger partial charge is 0.413 e. The number of carbonyl (C=O) groups excluding carboxylic acids is 2. The second-order valence-electron chi connectivity index (χ2n) is 9.94. The minimum absolute atomic E-state index is 0.115. The van der Waals surface area contributed by atoms with Crippen LogP contribution in [0.1, 0.15) is 72.1 Å². The van der Waals surface area contributed by atoms with E-state index in [4.69, 9.17) is 4.43 Å². The van der Waals surface area contributed by atoms with Crippen LogP contribution >= 0.6 is 0 Å². The van der Waals surface area contributed by atoms with Crippen molar-refractivity contribution in [3.63, 3.8) is 0 Å². The molecule has 3 rings (SSSR count).